The van der Waals surface area contributed by atoms with E-state index in [4.69, 9.17) is 4.74 Å². The lowest BCUT2D eigenvalue weighted by Gasteiger charge is -2.32. The van der Waals surface area contributed by atoms with Crippen LogP contribution >= 0.6 is 0 Å². The highest BCUT2D eigenvalue weighted by molar-refractivity contribution is 4.76. The summed E-state index contributed by atoms with van der Waals surface area (Å²) < 4.78 is 5.66. The largest absolute Gasteiger partial charge is 0.390 e. The van der Waals surface area contributed by atoms with Crippen molar-refractivity contribution in [2.24, 2.45) is 0 Å². The highest BCUT2D eigenvalue weighted by Crippen LogP contribution is 2.15. The maximum atomic E-state index is 10.2. The van der Waals surface area contributed by atoms with E-state index in [1.54, 1.807) is 0 Å². The second-order valence-electron chi connectivity index (χ2n) is 6.71. The summed E-state index contributed by atoms with van der Waals surface area (Å²) >= 11 is 0. The first-order chi connectivity index (χ1) is 10.2. The third-order valence-corrected chi connectivity index (χ3v) is 4.58. The molecule has 0 aromatic heterocycles. The fourth-order valence-corrected chi connectivity index (χ4v) is 3.07. The molecule has 3 nitrogen and oxygen atoms in total. The van der Waals surface area contributed by atoms with E-state index in [-0.39, 0.29) is 12.2 Å². The normalized spacial score (nSPS) is 21.6. The smallest absolute Gasteiger partial charge is 0.0960 e. The molecule has 0 aliphatic carbocycles. The first kappa shape index (κ1) is 18.9. The highest BCUT2D eigenvalue weighted by atomic mass is 16.5. The fraction of sp³-hybridized carbons (Fsp3) is 1.00. The second-order valence-corrected chi connectivity index (χ2v) is 6.71. The van der Waals surface area contributed by atoms with Gasteiger partial charge in [-0.2, -0.15) is 0 Å². The van der Waals surface area contributed by atoms with Crippen LogP contribution in [0.1, 0.15) is 77.6 Å². The molecule has 2 atom stereocenters. The predicted molar refractivity (Wildman–Crippen MR) is 89.7 cm³/mol. The summed E-state index contributed by atoms with van der Waals surface area (Å²) in [5.74, 6) is 0. The zero-order chi connectivity index (χ0) is 15.3. The average Bonchev–Trinajstić information content (AvgIpc) is 2.49. The number of aliphatic hydroxyl groups is 1. The van der Waals surface area contributed by atoms with E-state index in [2.05, 4.69) is 18.9 Å². The summed E-state index contributed by atoms with van der Waals surface area (Å²) in [5.41, 5.74) is 0. The van der Waals surface area contributed by atoms with Crippen molar-refractivity contribution in [3.05, 3.63) is 0 Å². The Labute approximate surface area is 132 Å². The Morgan fingerprint density at radius 1 is 1.00 bits per heavy atom. The van der Waals surface area contributed by atoms with Crippen LogP contribution in [0, 0.1) is 0 Å². The van der Waals surface area contributed by atoms with Gasteiger partial charge in [-0.1, -0.05) is 71.1 Å². The van der Waals surface area contributed by atoms with Gasteiger partial charge in [-0.25, -0.2) is 0 Å². The Kier molecular flexibility index (Phi) is 11.2. The molecule has 3 heteroatoms. The van der Waals surface area contributed by atoms with Crippen LogP contribution < -0.4 is 0 Å². The van der Waals surface area contributed by atoms with E-state index in [1.165, 1.54) is 57.8 Å². The third kappa shape index (κ3) is 9.49. The Bertz CT molecular complexity index is 235. The van der Waals surface area contributed by atoms with Crippen LogP contribution in [0.5, 0.6) is 0 Å². The van der Waals surface area contributed by atoms with E-state index in [9.17, 15) is 5.11 Å². The molecule has 126 valence electrons. The minimum absolute atomic E-state index is 0.0299. The van der Waals surface area contributed by atoms with Crippen molar-refractivity contribution in [1.29, 1.82) is 0 Å². The molecule has 0 bridgehead atoms. The first-order valence-electron chi connectivity index (χ1n) is 9.22. The van der Waals surface area contributed by atoms with Gasteiger partial charge in [0.2, 0.25) is 0 Å². The molecule has 1 aliphatic rings. The number of ether oxygens (including phenoxy) is 1. The molecule has 1 N–H and O–H groups in total. The molecule has 1 rings (SSSR count). The van der Waals surface area contributed by atoms with Crippen molar-refractivity contribution in [1.82, 2.24) is 4.90 Å². The van der Waals surface area contributed by atoms with Gasteiger partial charge in [0, 0.05) is 13.1 Å². The number of hydrogen-bond acceptors (Lipinski definition) is 3. The van der Waals surface area contributed by atoms with Gasteiger partial charge in [0.1, 0.15) is 0 Å². The molecule has 0 aromatic rings. The summed E-state index contributed by atoms with van der Waals surface area (Å²) in [5, 5.41) is 10.2. The van der Waals surface area contributed by atoms with Crippen LogP contribution in [0.25, 0.3) is 0 Å². The molecule has 0 saturated carbocycles. The fourth-order valence-electron chi connectivity index (χ4n) is 3.07. The van der Waals surface area contributed by atoms with Crippen LogP contribution in [0.15, 0.2) is 0 Å². The minimum atomic E-state index is -0.276. The lowest BCUT2D eigenvalue weighted by atomic mass is 10.0. The number of morpholine rings is 1. The van der Waals surface area contributed by atoms with Gasteiger partial charge in [-0.05, 0) is 13.5 Å². The van der Waals surface area contributed by atoms with Crippen molar-refractivity contribution in [2.45, 2.75) is 89.8 Å². The topological polar surface area (TPSA) is 32.7 Å². The number of hydrogen-bond donors (Lipinski definition) is 1. The molecular formula is C18H37NO2. The predicted octanol–water partition coefficient (Wildman–Crippen LogP) is 3.99. The van der Waals surface area contributed by atoms with E-state index in [0.717, 1.165) is 32.5 Å². The summed E-state index contributed by atoms with van der Waals surface area (Å²) in [6.45, 7) is 4.89. The van der Waals surface area contributed by atoms with Crippen molar-refractivity contribution in [3.63, 3.8) is 0 Å². The summed E-state index contributed by atoms with van der Waals surface area (Å²) in [6, 6.07) is 0. The summed E-state index contributed by atoms with van der Waals surface area (Å²) in [4.78, 5) is 2.25. The quantitative estimate of drug-likeness (QED) is 0.553. The van der Waals surface area contributed by atoms with Crippen LogP contribution in [0.4, 0.5) is 0 Å². The molecule has 1 heterocycles. The average molecular weight is 299 g/mol. The van der Waals surface area contributed by atoms with E-state index in [0.29, 0.717) is 0 Å². The molecule has 0 radical (unpaired) electrons. The molecule has 1 fully saturated rings. The Morgan fingerprint density at radius 2 is 1.57 bits per heavy atom. The number of rotatable bonds is 12. The molecule has 0 amide bonds. The van der Waals surface area contributed by atoms with Crippen molar-refractivity contribution < 1.29 is 9.84 Å². The Morgan fingerprint density at radius 3 is 2.14 bits per heavy atom. The van der Waals surface area contributed by atoms with Gasteiger partial charge in [0.15, 0.2) is 0 Å². The zero-order valence-corrected chi connectivity index (χ0v) is 14.4. The molecular weight excluding hydrogens is 262 g/mol. The van der Waals surface area contributed by atoms with Gasteiger partial charge < -0.3 is 14.7 Å². The lowest BCUT2D eigenvalue weighted by molar-refractivity contribution is -0.0854. The maximum Gasteiger partial charge on any atom is 0.0960 e. The third-order valence-electron chi connectivity index (χ3n) is 4.58. The van der Waals surface area contributed by atoms with Crippen LogP contribution in [0.3, 0.4) is 0 Å². The number of unbranched alkanes of at least 4 members (excludes halogenated alkanes) is 9. The van der Waals surface area contributed by atoms with Crippen molar-refractivity contribution >= 4 is 0 Å². The number of likely N-dealkylation sites (N-methyl/N-ethyl adjacent to an activating group) is 1. The van der Waals surface area contributed by atoms with Crippen molar-refractivity contribution in [2.75, 3.05) is 26.7 Å². The monoisotopic (exact) mass is 299 g/mol. The van der Waals surface area contributed by atoms with Gasteiger partial charge in [0.05, 0.1) is 18.8 Å². The first-order valence-corrected chi connectivity index (χ1v) is 9.22. The lowest BCUT2D eigenvalue weighted by Crippen LogP contribution is -2.45. The Balaban J connectivity index is 1.87. The molecule has 1 saturated heterocycles. The van der Waals surface area contributed by atoms with Crippen LogP contribution in [-0.2, 0) is 4.74 Å². The summed E-state index contributed by atoms with van der Waals surface area (Å²) in [7, 11) is 2.10. The number of aliphatic hydroxyl groups excluding tert-OH is 1. The maximum absolute atomic E-state index is 10.2. The Hall–Kier alpha value is -0.120. The molecule has 0 aromatic carbocycles. The molecule has 21 heavy (non-hydrogen) atoms. The van der Waals surface area contributed by atoms with E-state index >= 15 is 0 Å². The van der Waals surface area contributed by atoms with Gasteiger partial charge >= 0.3 is 0 Å². The standard InChI is InChI=1S/C18H37NO2/c1-3-4-5-6-7-8-9-10-11-12-13-17(20)18-16-19(2)14-15-21-18/h17-18,20H,3-16H2,1-2H3. The second kappa shape index (κ2) is 12.4. The van der Waals surface area contributed by atoms with E-state index in [1.807, 2.05) is 0 Å². The highest BCUT2D eigenvalue weighted by Gasteiger charge is 2.24. The van der Waals surface area contributed by atoms with Crippen molar-refractivity contribution in [3.8, 4) is 0 Å². The number of nitrogens with zero attached hydrogens (tertiary/aromatic N) is 1. The van der Waals surface area contributed by atoms with Gasteiger partial charge in [-0.15, -0.1) is 0 Å². The molecule has 1 aliphatic heterocycles. The molecule has 0 spiro atoms. The summed E-state index contributed by atoms with van der Waals surface area (Å²) in [6.07, 6.45) is 14.1. The minimum Gasteiger partial charge on any atom is -0.390 e. The SMILES string of the molecule is CCCCCCCCCCCCC(O)C1CN(C)CCO1. The van der Waals surface area contributed by atoms with E-state index < -0.39 is 0 Å². The molecule has 2 unspecified atom stereocenters. The van der Waals surface area contributed by atoms with Gasteiger partial charge in [0.25, 0.3) is 0 Å². The van der Waals surface area contributed by atoms with Gasteiger partial charge in [-0.3, -0.25) is 0 Å². The van der Waals surface area contributed by atoms with Crippen LogP contribution in [-0.4, -0.2) is 49.0 Å². The zero-order valence-electron chi connectivity index (χ0n) is 14.4. The van der Waals surface area contributed by atoms with Crippen LogP contribution in [0.2, 0.25) is 0 Å².